The molecule has 1 rings (SSSR count). The van der Waals surface area contributed by atoms with Crippen molar-refractivity contribution in [2.24, 2.45) is 0 Å². The first-order valence-electron chi connectivity index (χ1n) is 4.36. The number of ketones is 1. The maximum atomic E-state index is 12.7. The molecule has 0 aliphatic carbocycles. The first kappa shape index (κ1) is 10.8. The van der Waals surface area contributed by atoms with Gasteiger partial charge in [0, 0.05) is 31.9 Å². The zero-order chi connectivity index (χ0) is 10.4. The maximum absolute atomic E-state index is 12.7. The molecule has 0 amide bonds. The van der Waals surface area contributed by atoms with Crippen LogP contribution in [0.25, 0.3) is 0 Å². The summed E-state index contributed by atoms with van der Waals surface area (Å²) in [6, 6.07) is 1.20. The van der Waals surface area contributed by atoms with Gasteiger partial charge in [0.05, 0.1) is 6.20 Å². The van der Waals surface area contributed by atoms with Crippen LogP contribution in [-0.2, 0) is 4.74 Å². The zero-order valence-corrected chi connectivity index (χ0v) is 8.00. The van der Waals surface area contributed by atoms with Gasteiger partial charge in [0.2, 0.25) is 0 Å². The van der Waals surface area contributed by atoms with Gasteiger partial charge in [-0.25, -0.2) is 4.39 Å². The van der Waals surface area contributed by atoms with Crippen LogP contribution >= 0.6 is 0 Å². The third kappa shape index (κ3) is 3.22. The molecule has 0 spiro atoms. The van der Waals surface area contributed by atoms with Crippen molar-refractivity contribution in [1.29, 1.82) is 0 Å². The number of hydrogen-bond donors (Lipinski definition) is 0. The Labute approximate surface area is 81.9 Å². The van der Waals surface area contributed by atoms with Crippen LogP contribution in [0.3, 0.4) is 0 Å². The van der Waals surface area contributed by atoms with Crippen molar-refractivity contribution in [3.05, 3.63) is 29.8 Å². The van der Waals surface area contributed by atoms with E-state index in [0.717, 1.165) is 6.20 Å². The number of hydrogen-bond acceptors (Lipinski definition) is 3. The van der Waals surface area contributed by atoms with Gasteiger partial charge < -0.3 is 4.74 Å². The molecule has 0 unspecified atom stereocenters. The second kappa shape index (κ2) is 5.44. The largest absolute Gasteiger partial charge is 0.385 e. The molecule has 1 heterocycles. The van der Waals surface area contributed by atoms with Gasteiger partial charge in [-0.1, -0.05) is 0 Å². The van der Waals surface area contributed by atoms with Crippen LogP contribution in [0.1, 0.15) is 23.2 Å². The molecule has 14 heavy (non-hydrogen) atoms. The van der Waals surface area contributed by atoms with E-state index in [0.29, 0.717) is 25.0 Å². The second-order valence-electron chi connectivity index (χ2n) is 2.91. The fourth-order valence-electron chi connectivity index (χ4n) is 1.09. The molecule has 0 saturated heterocycles. The minimum Gasteiger partial charge on any atom is -0.385 e. The molecular formula is C10H12FNO2. The number of methoxy groups -OCH3 is 1. The quantitative estimate of drug-likeness (QED) is 0.534. The van der Waals surface area contributed by atoms with E-state index in [9.17, 15) is 9.18 Å². The summed E-state index contributed by atoms with van der Waals surface area (Å²) in [5, 5.41) is 0. The molecule has 0 atom stereocenters. The molecule has 0 aliphatic heterocycles. The van der Waals surface area contributed by atoms with Crippen LogP contribution in [0.2, 0.25) is 0 Å². The average molecular weight is 197 g/mol. The highest BCUT2D eigenvalue weighted by atomic mass is 19.1. The molecule has 1 aromatic heterocycles. The molecule has 76 valence electrons. The summed E-state index contributed by atoms with van der Waals surface area (Å²) in [6.45, 7) is 0.536. The second-order valence-corrected chi connectivity index (χ2v) is 2.91. The number of rotatable bonds is 5. The number of ether oxygens (including phenoxy) is 1. The number of halogens is 1. The highest BCUT2D eigenvalue weighted by Gasteiger charge is 2.06. The van der Waals surface area contributed by atoms with Gasteiger partial charge in [-0.3, -0.25) is 9.78 Å². The van der Waals surface area contributed by atoms with Crippen LogP contribution < -0.4 is 0 Å². The first-order chi connectivity index (χ1) is 6.74. The van der Waals surface area contributed by atoms with Gasteiger partial charge in [0.15, 0.2) is 5.78 Å². The van der Waals surface area contributed by atoms with E-state index in [1.54, 1.807) is 7.11 Å². The van der Waals surface area contributed by atoms with Gasteiger partial charge in [-0.15, -0.1) is 0 Å². The molecule has 0 saturated carbocycles. The van der Waals surface area contributed by atoms with Crippen LogP contribution in [0.5, 0.6) is 0 Å². The Hall–Kier alpha value is -1.29. The van der Waals surface area contributed by atoms with E-state index >= 15 is 0 Å². The Morgan fingerprint density at radius 3 is 3.00 bits per heavy atom. The zero-order valence-electron chi connectivity index (χ0n) is 8.00. The third-order valence-corrected chi connectivity index (χ3v) is 1.78. The monoisotopic (exact) mass is 197 g/mol. The Balaban J connectivity index is 2.52. The van der Waals surface area contributed by atoms with E-state index < -0.39 is 5.82 Å². The molecule has 3 nitrogen and oxygen atoms in total. The van der Waals surface area contributed by atoms with Gasteiger partial charge in [0.25, 0.3) is 0 Å². The highest BCUT2D eigenvalue weighted by molar-refractivity contribution is 5.95. The summed E-state index contributed by atoms with van der Waals surface area (Å²) >= 11 is 0. The smallest absolute Gasteiger partial charge is 0.164 e. The summed E-state index contributed by atoms with van der Waals surface area (Å²) in [7, 11) is 1.58. The SMILES string of the molecule is COCCCC(=O)c1cncc(F)c1. The maximum Gasteiger partial charge on any atom is 0.164 e. The minimum atomic E-state index is -0.484. The van der Waals surface area contributed by atoms with Crippen molar-refractivity contribution >= 4 is 5.78 Å². The van der Waals surface area contributed by atoms with Crippen molar-refractivity contribution < 1.29 is 13.9 Å². The molecule has 0 bridgehead atoms. The van der Waals surface area contributed by atoms with E-state index in [1.165, 1.54) is 12.3 Å². The van der Waals surface area contributed by atoms with Gasteiger partial charge in [0.1, 0.15) is 5.82 Å². The van der Waals surface area contributed by atoms with Crippen molar-refractivity contribution in [3.63, 3.8) is 0 Å². The average Bonchev–Trinajstić information content (AvgIpc) is 2.18. The number of pyridine rings is 1. The predicted octanol–water partition coefficient (Wildman–Crippen LogP) is 1.83. The van der Waals surface area contributed by atoms with E-state index in [4.69, 9.17) is 4.74 Å². The lowest BCUT2D eigenvalue weighted by Crippen LogP contribution is -2.02. The number of nitrogens with zero attached hydrogens (tertiary/aromatic N) is 1. The van der Waals surface area contributed by atoms with Crippen LogP contribution in [0, 0.1) is 5.82 Å². The lowest BCUT2D eigenvalue weighted by Gasteiger charge is -1.99. The van der Waals surface area contributed by atoms with Gasteiger partial charge in [-0.2, -0.15) is 0 Å². The molecule has 0 radical (unpaired) electrons. The molecular weight excluding hydrogens is 185 g/mol. The van der Waals surface area contributed by atoms with Crippen molar-refractivity contribution in [1.82, 2.24) is 4.98 Å². The van der Waals surface area contributed by atoms with Crippen LogP contribution in [0.15, 0.2) is 18.5 Å². The summed E-state index contributed by atoms with van der Waals surface area (Å²) < 4.78 is 17.5. The molecule has 0 fully saturated rings. The fourth-order valence-corrected chi connectivity index (χ4v) is 1.09. The number of aromatic nitrogens is 1. The van der Waals surface area contributed by atoms with E-state index in [2.05, 4.69) is 4.98 Å². The molecule has 0 N–H and O–H groups in total. The van der Waals surface area contributed by atoms with Crippen molar-refractivity contribution in [3.8, 4) is 0 Å². The predicted molar refractivity (Wildman–Crippen MR) is 49.6 cm³/mol. The fraction of sp³-hybridized carbons (Fsp3) is 0.400. The lowest BCUT2D eigenvalue weighted by molar-refractivity contribution is 0.0962. The normalized spacial score (nSPS) is 10.1. The minimum absolute atomic E-state index is 0.103. The van der Waals surface area contributed by atoms with Gasteiger partial charge >= 0.3 is 0 Å². The Morgan fingerprint density at radius 1 is 1.57 bits per heavy atom. The molecule has 1 aromatic rings. The standard InChI is InChI=1S/C10H12FNO2/c1-14-4-2-3-10(13)8-5-9(11)7-12-6-8/h5-7H,2-4H2,1H3. The summed E-state index contributed by atoms with van der Waals surface area (Å²) in [5.74, 6) is -0.586. The number of carbonyl (C=O) groups is 1. The first-order valence-corrected chi connectivity index (χ1v) is 4.36. The summed E-state index contributed by atoms with van der Waals surface area (Å²) in [6.07, 6.45) is 3.45. The molecule has 0 aliphatic rings. The van der Waals surface area contributed by atoms with E-state index in [-0.39, 0.29) is 5.78 Å². The van der Waals surface area contributed by atoms with Crippen LogP contribution in [0.4, 0.5) is 4.39 Å². The Kier molecular flexibility index (Phi) is 4.19. The van der Waals surface area contributed by atoms with Crippen molar-refractivity contribution in [2.75, 3.05) is 13.7 Å². The summed E-state index contributed by atoms with van der Waals surface area (Å²) in [5.41, 5.74) is 0.320. The Morgan fingerprint density at radius 2 is 2.36 bits per heavy atom. The summed E-state index contributed by atoms with van der Waals surface area (Å²) in [4.78, 5) is 15.0. The van der Waals surface area contributed by atoms with E-state index in [1.807, 2.05) is 0 Å². The molecule has 4 heteroatoms. The highest BCUT2D eigenvalue weighted by Crippen LogP contribution is 2.05. The lowest BCUT2D eigenvalue weighted by atomic mass is 10.1. The van der Waals surface area contributed by atoms with Crippen molar-refractivity contribution in [2.45, 2.75) is 12.8 Å². The Bertz CT molecular complexity index is 315. The number of carbonyl (C=O) groups excluding carboxylic acids is 1. The number of Topliss-reactive ketones (excluding diaryl/α,β-unsaturated/α-hetero) is 1. The third-order valence-electron chi connectivity index (χ3n) is 1.78. The molecule has 0 aromatic carbocycles. The van der Waals surface area contributed by atoms with Gasteiger partial charge in [-0.05, 0) is 12.5 Å². The van der Waals surface area contributed by atoms with Crippen LogP contribution in [-0.4, -0.2) is 24.5 Å². The topological polar surface area (TPSA) is 39.2 Å².